The zero-order valence-electron chi connectivity index (χ0n) is 16.3. The number of carbonyl (C=O) groups excluding carboxylic acids is 2. The SMILES string of the molecule is CC(=O)N(C)c1ccc(NC(=O)c2cc(C)n(-c3ccc(Cl)cc3)c2C)cc1. The van der Waals surface area contributed by atoms with E-state index in [1.165, 1.54) is 6.92 Å². The van der Waals surface area contributed by atoms with E-state index >= 15 is 0 Å². The summed E-state index contributed by atoms with van der Waals surface area (Å²) in [5.41, 5.74) is 4.81. The van der Waals surface area contributed by atoms with E-state index < -0.39 is 0 Å². The fourth-order valence-electron chi connectivity index (χ4n) is 3.13. The van der Waals surface area contributed by atoms with E-state index in [9.17, 15) is 9.59 Å². The number of carbonyl (C=O) groups is 2. The first-order valence-electron chi connectivity index (χ1n) is 8.88. The molecule has 28 heavy (non-hydrogen) atoms. The Morgan fingerprint density at radius 3 is 2.18 bits per heavy atom. The van der Waals surface area contributed by atoms with Crippen LogP contribution in [0, 0.1) is 13.8 Å². The number of aromatic nitrogens is 1. The van der Waals surface area contributed by atoms with Crippen molar-refractivity contribution in [3.8, 4) is 5.69 Å². The number of nitrogens with one attached hydrogen (secondary N) is 1. The van der Waals surface area contributed by atoms with Crippen molar-refractivity contribution in [3.05, 3.63) is 76.6 Å². The van der Waals surface area contributed by atoms with Crippen LogP contribution in [0.3, 0.4) is 0 Å². The summed E-state index contributed by atoms with van der Waals surface area (Å²) in [7, 11) is 1.71. The number of aryl methyl sites for hydroxylation is 1. The lowest BCUT2D eigenvalue weighted by molar-refractivity contribution is -0.116. The highest BCUT2D eigenvalue weighted by atomic mass is 35.5. The minimum absolute atomic E-state index is 0.0496. The predicted molar refractivity (Wildman–Crippen MR) is 114 cm³/mol. The molecule has 1 aromatic heterocycles. The van der Waals surface area contributed by atoms with Gasteiger partial charge >= 0.3 is 0 Å². The molecule has 2 aromatic carbocycles. The first kappa shape index (κ1) is 19.7. The molecule has 6 heteroatoms. The van der Waals surface area contributed by atoms with Gasteiger partial charge in [-0.15, -0.1) is 0 Å². The average molecular weight is 396 g/mol. The van der Waals surface area contributed by atoms with Crippen LogP contribution in [0.5, 0.6) is 0 Å². The molecule has 0 radical (unpaired) electrons. The number of amides is 2. The molecule has 2 amide bonds. The number of halogens is 1. The minimum atomic E-state index is -0.180. The van der Waals surface area contributed by atoms with Gasteiger partial charge in [0.25, 0.3) is 5.91 Å². The lowest BCUT2D eigenvalue weighted by Crippen LogP contribution is -2.22. The van der Waals surface area contributed by atoms with Gasteiger partial charge < -0.3 is 14.8 Å². The quantitative estimate of drug-likeness (QED) is 0.677. The van der Waals surface area contributed by atoms with Crippen LogP contribution >= 0.6 is 11.6 Å². The van der Waals surface area contributed by atoms with Crippen LogP contribution in [-0.2, 0) is 4.79 Å². The molecule has 0 aliphatic heterocycles. The Kier molecular flexibility index (Phi) is 5.56. The van der Waals surface area contributed by atoms with Crippen molar-refractivity contribution in [2.45, 2.75) is 20.8 Å². The minimum Gasteiger partial charge on any atom is -0.322 e. The van der Waals surface area contributed by atoms with Gasteiger partial charge in [0.05, 0.1) is 5.56 Å². The highest BCUT2D eigenvalue weighted by Gasteiger charge is 2.17. The molecule has 1 N–H and O–H groups in total. The molecular formula is C22H22ClN3O2. The van der Waals surface area contributed by atoms with Gasteiger partial charge in [0.15, 0.2) is 0 Å². The summed E-state index contributed by atoms with van der Waals surface area (Å²) >= 11 is 5.98. The van der Waals surface area contributed by atoms with Crippen molar-refractivity contribution in [1.29, 1.82) is 0 Å². The first-order valence-corrected chi connectivity index (χ1v) is 9.26. The van der Waals surface area contributed by atoms with Crippen molar-refractivity contribution in [1.82, 2.24) is 4.57 Å². The van der Waals surface area contributed by atoms with Crippen molar-refractivity contribution in [3.63, 3.8) is 0 Å². The van der Waals surface area contributed by atoms with E-state index in [1.807, 2.05) is 48.7 Å². The Hall–Kier alpha value is -3.05. The standard InChI is InChI=1S/C22H22ClN3O2/c1-14-13-21(15(2)26(14)20-9-5-17(23)6-10-20)22(28)24-18-7-11-19(12-8-18)25(4)16(3)27/h5-13H,1-4H3,(H,24,28). The van der Waals surface area contributed by atoms with Gasteiger partial charge in [0.2, 0.25) is 5.91 Å². The zero-order chi connectivity index (χ0) is 20.4. The Bertz CT molecular complexity index is 1020. The first-order chi connectivity index (χ1) is 13.3. The second-order valence-electron chi connectivity index (χ2n) is 6.68. The van der Waals surface area contributed by atoms with Crippen LogP contribution in [0.4, 0.5) is 11.4 Å². The normalized spacial score (nSPS) is 10.6. The summed E-state index contributed by atoms with van der Waals surface area (Å²) in [5.74, 6) is -0.229. The van der Waals surface area contributed by atoms with E-state index in [0.29, 0.717) is 16.3 Å². The van der Waals surface area contributed by atoms with Crippen molar-refractivity contribution in [2.75, 3.05) is 17.3 Å². The Morgan fingerprint density at radius 2 is 1.61 bits per heavy atom. The highest BCUT2D eigenvalue weighted by Crippen LogP contribution is 2.24. The topological polar surface area (TPSA) is 54.3 Å². The van der Waals surface area contributed by atoms with Crippen LogP contribution in [0.15, 0.2) is 54.6 Å². The number of nitrogens with zero attached hydrogens (tertiary/aromatic N) is 2. The molecule has 0 saturated heterocycles. The lowest BCUT2D eigenvalue weighted by Gasteiger charge is -2.15. The summed E-state index contributed by atoms with van der Waals surface area (Å²) < 4.78 is 2.02. The van der Waals surface area contributed by atoms with Crippen LogP contribution in [-0.4, -0.2) is 23.4 Å². The maximum Gasteiger partial charge on any atom is 0.257 e. The van der Waals surface area contributed by atoms with E-state index in [2.05, 4.69) is 5.32 Å². The highest BCUT2D eigenvalue weighted by molar-refractivity contribution is 6.30. The van der Waals surface area contributed by atoms with Crippen LogP contribution < -0.4 is 10.2 Å². The maximum absolute atomic E-state index is 12.8. The number of hydrogen-bond donors (Lipinski definition) is 1. The van der Waals surface area contributed by atoms with Gasteiger partial charge in [-0.3, -0.25) is 9.59 Å². The number of anilines is 2. The fraction of sp³-hybridized carbons (Fsp3) is 0.182. The van der Waals surface area contributed by atoms with E-state index in [4.69, 9.17) is 11.6 Å². The molecule has 144 valence electrons. The van der Waals surface area contributed by atoms with E-state index in [-0.39, 0.29) is 11.8 Å². The van der Waals surface area contributed by atoms with Crippen LogP contribution in [0.1, 0.15) is 28.7 Å². The second-order valence-corrected chi connectivity index (χ2v) is 7.11. The van der Waals surface area contributed by atoms with Crippen LogP contribution in [0.2, 0.25) is 5.02 Å². The fourth-order valence-corrected chi connectivity index (χ4v) is 3.25. The third-order valence-corrected chi connectivity index (χ3v) is 5.00. The Labute approximate surface area is 169 Å². The van der Waals surface area contributed by atoms with E-state index in [1.54, 1.807) is 36.2 Å². The maximum atomic E-state index is 12.8. The summed E-state index contributed by atoms with van der Waals surface area (Å²) in [6, 6.07) is 16.5. The largest absolute Gasteiger partial charge is 0.322 e. The molecule has 0 unspecified atom stereocenters. The molecule has 1 heterocycles. The number of rotatable bonds is 4. The van der Waals surface area contributed by atoms with E-state index in [0.717, 1.165) is 22.8 Å². The monoisotopic (exact) mass is 395 g/mol. The number of hydrogen-bond acceptors (Lipinski definition) is 2. The molecule has 0 aliphatic rings. The summed E-state index contributed by atoms with van der Waals surface area (Å²) in [6.45, 7) is 5.39. The molecular weight excluding hydrogens is 374 g/mol. The Morgan fingerprint density at radius 1 is 1.00 bits per heavy atom. The van der Waals surface area contributed by atoms with Crippen LogP contribution in [0.25, 0.3) is 5.69 Å². The lowest BCUT2D eigenvalue weighted by atomic mass is 10.2. The van der Waals surface area contributed by atoms with Gasteiger partial charge in [-0.25, -0.2) is 0 Å². The Balaban J connectivity index is 1.83. The predicted octanol–water partition coefficient (Wildman–Crippen LogP) is 4.98. The zero-order valence-corrected chi connectivity index (χ0v) is 17.0. The van der Waals surface area contributed by atoms with Gasteiger partial charge in [-0.2, -0.15) is 0 Å². The summed E-state index contributed by atoms with van der Waals surface area (Å²) in [6.07, 6.45) is 0. The third kappa shape index (κ3) is 3.94. The molecule has 0 bridgehead atoms. The molecule has 0 spiro atoms. The smallest absolute Gasteiger partial charge is 0.257 e. The molecule has 0 aliphatic carbocycles. The van der Waals surface area contributed by atoms with Gasteiger partial charge in [0.1, 0.15) is 0 Å². The van der Waals surface area contributed by atoms with Gasteiger partial charge in [0, 0.05) is 47.4 Å². The van der Waals surface area contributed by atoms with Gasteiger partial charge in [-0.1, -0.05) is 11.6 Å². The van der Waals surface area contributed by atoms with Crippen molar-refractivity contribution >= 4 is 34.8 Å². The molecule has 0 atom stereocenters. The molecule has 3 aromatic rings. The van der Waals surface area contributed by atoms with Crippen molar-refractivity contribution in [2.24, 2.45) is 0 Å². The third-order valence-electron chi connectivity index (χ3n) is 4.75. The molecule has 3 rings (SSSR count). The molecule has 5 nitrogen and oxygen atoms in total. The summed E-state index contributed by atoms with van der Waals surface area (Å²) in [4.78, 5) is 25.8. The molecule has 0 fully saturated rings. The van der Waals surface area contributed by atoms with Crippen molar-refractivity contribution < 1.29 is 9.59 Å². The summed E-state index contributed by atoms with van der Waals surface area (Å²) in [5, 5.41) is 3.59. The number of benzene rings is 2. The van der Waals surface area contributed by atoms with Gasteiger partial charge in [-0.05, 0) is 68.4 Å². The average Bonchev–Trinajstić information content (AvgIpc) is 2.97. The molecule has 0 saturated carbocycles. The second kappa shape index (κ2) is 7.90.